The van der Waals surface area contributed by atoms with Crippen LogP contribution in [0.1, 0.15) is 61.9 Å². The standard InChI is InChI=1S/C30H38N5O2/c1-30(25-13-7-3-8-14-25,34-17-9-4-10-18-34)29(36)37-27-22-35(19-15-23(27)16-20-35)28(26-21-31-33-32-26)24-11-5-2-6-12-24/h2-3,5-8,11-14,21,23,27-28H,4,9-10,15-20,22H2,1H3,(H,31,32,33)/q+1/t23?,27-,28?,30-,35?/m0/s1. The monoisotopic (exact) mass is 500 g/mol. The number of hydrogen-bond donors (Lipinski definition) is 1. The summed E-state index contributed by atoms with van der Waals surface area (Å²) in [4.78, 5) is 16.5. The van der Waals surface area contributed by atoms with E-state index in [-0.39, 0.29) is 18.1 Å². The number of benzene rings is 2. The van der Waals surface area contributed by atoms with Gasteiger partial charge in [-0.25, -0.2) is 4.79 Å². The Morgan fingerprint density at radius 1 is 1.03 bits per heavy atom. The maximum atomic E-state index is 14.2. The third kappa shape index (κ3) is 4.38. The number of nitrogens with zero attached hydrogens (tertiary/aromatic N) is 4. The van der Waals surface area contributed by atoms with Gasteiger partial charge in [-0.05, 0) is 38.4 Å². The smallest absolute Gasteiger partial charge is 0.331 e. The molecule has 7 rings (SSSR count). The molecule has 1 unspecified atom stereocenters. The highest BCUT2D eigenvalue weighted by Crippen LogP contribution is 2.45. The second-order valence-electron chi connectivity index (χ2n) is 11.3. The van der Waals surface area contributed by atoms with Gasteiger partial charge in [0.1, 0.15) is 17.8 Å². The van der Waals surface area contributed by atoms with Gasteiger partial charge in [-0.3, -0.25) is 4.90 Å². The third-order valence-electron chi connectivity index (χ3n) is 9.32. The predicted molar refractivity (Wildman–Crippen MR) is 141 cm³/mol. The van der Waals surface area contributed by atoms with Gasteiger partial charge in [0.25, 0.3) is 0 Å². The number of piperidine rings is 4. The van der Waals surface area contributed by atoms with Gasteiger partial charge in [0.2, 0.25) is 0 Å². The van der Waals surface area contributed by atoms with E-state index < -0.39 is 5.54 Å². The van der Waals surface area contributed by atoms with Gasteiger partial charge in [0, 0.05) is 24.3 Å². The van der Waals surface area contributed by atoms with Gasteiger partial charge in [0.05, 0.1) is 19.3 Å². The topological polar surface area (TPSA) is 71.1 Å². The molecular formula is C30H38N5O2+. The van der Waals surface area contributed by atoms with E-state index in [4.69, 9.17) is 4.74 Å². The molecule has 5 heterocycles. The first-order valence-corrected chi connectivity index (χ1v) is 13.9. The summed E-state index contributed by atoms with van der Waals surface area (Å²) < 4.78 is 7.44. The van der Waals surface area contributed by atoms with Crippen LogP contribution in [0.2, 0.25) is 0 Å². The minimum absolute atomic E-state index is 0.0741. The fourth-order valence-electron chi connectivity index (χ4n) is 7.19. The van der Waals surface area contributed by atoms with Crippen LogP contribution < -0.4 is 0 Å². The number of esters is 1. The molecule has 2 aromatic carbocycles. The number of aromatic nitrogens is 3. The summed E-state index contributed by atoms with van der Waals surface area (Å²) in [7, 11) is 0. The summed E-state index contributed by atoms with van der Waals surface area (Å²) in [6.07, 6.45) is 7.35. The van der Waals surface area contributed by atoms with E-state index in [1.807, 2.05) is 24.4 Å². The van der Waals surface area contributed by atoms with Crippen LogP contribution in [-0.2, 0) is 15.1 Å². The van der Waals surface area contributed by atoms with E-state index in [1.165, 1.54) is 12.0 Å². The maximum Gasteiger partial charge on any atom is 0.331 e. The molecule has 3 atom stereocenters. The second kappa shape index (κ2) is 10.0. The lowest BCUT2D eigenvalue weighted by molar-refractivity contribution is -0.968. The molecule has 3 aromatic rings. The average molecular weight is 501 g/mol. The molecule has 4 fully saturated rings. The normalized spacial score (nSPS) is 28.4. The molecular weight excluding hydrogens is 462 g/mol. The molecule has 2 bridgehead atoms. The number of likely N-dealkylation sites (tertiary alicyclic amines) is 1. The Kier molecular flexibility index (Phi) is 6.59. The zero-order chi connectivity index (χ0) is 25.3. The molecule has 0 amide bonds. The van der Waals surface area contributed by atoms with Crippen LogP contribution in [0.4, 0.5) is 0 Å². The maximum absolute atomic E-state index is 14.2. The Labute approximate surface area is 219 Å². The first-order valence-electron chi connectivity index (χ1n) is 13.9. The summed E-state index contributed by atoms with van der Waals surface area (Å²) in [6.45, 7) is 6.87. The van der Waals surface area contributed by atoms with Gasteiger partial charge >= 0.3 is 5.97 Å². The fourth-order valence-corrected chi connectivity index (χ4v) is 7.19. The molecule has 7 nitrogen and oxygen atoms in total. The highest BCUT2D eigenvalue weighted by atomic mass is 16.5. The van der Waals surface area contributed by atoms with Crippen molar-refractivity contribution in [2.45, 2.75) is 56.7 Å². The molecule has 4 saturated heterocycles. The van der Waals surface area contributed by atoms with Crippen LogP contribution in [0.15, 0.2) is 66.9 Å². The Bertz CT molecular complexity index is 1170. The molecule has 7 heteroatoms. The summed E-state index contributed by atoms with van der Waals surface area (Å²) in [5.41, 5.74) is 2.45. The Morgan fingerprint density at radius 2 is 1.70 bits per heavy atom. The SMILES string of the molecule is C[C@@](C(=O)O[C@H]1C[N+]2(C(c3ccccc3)c3cn[nH]n3)CCC1CC2)(c1ccccc1)N1CCCCC1. The van der Waals surface area contributed by atoms with Crippen molar-refractivity contribution in [3.63, 3.8) is 0 Å². The van der Waals surface area contributed by atoms with Crippen molar-refractivity contribution in [1.29, 1.82) is 0 Å². The first-order chi connectivity index (χ1) is 18.1. The van der Waals surface area contributed by atoms with E-state index in [0.29, 0.717) is 5.92 Å². The van der Waals surface area contributed by atoms with Crippen molar-refractivity contribution >= 4 is 5.97 Å². The number of ether oxygens (including phenoxy) is 1. The van der Waals surface area contributed by atoms with Crippen LogP contribution in [-0.4, -0.2) is 69.6 Å². The largest absolute Gasteiger partial charge is 0.454 e. The number of fused-ring (bicyclic) bond motifs is 3. The summed E-state index contributed by atoms with van der Waals surface area (Å²) in [5, 5.41) is 11.5. The van der Waals surface area contributed by atoms with Crippen LogP contribution >= 0.6 is 0 Å². The lowest BCUT2D eigenvalue weighted by Crippen LogP contribution is -2.66. The zero-order valence-electron chi connectivity index (χ0n) is 21.8. The van der Waals surface area contributed by atoms with Crippen molar-refractivity contribution in [1.82, 2.24) is 20.3 Å². The van der Waals surface area contributed by atoms with Gasteiger partial charge in [0.15, 0.2) is 12.1 Å². The van der Waals surface area contributed by atoms with E-state index in [9.17, 15) is 4.79 Å². The molecule has 1 N–H and O–H groups in total. The third-order valence-corrected chi connectivity index (χ3v) is 9.32. The lowest BCUT2D eigenvalue weighted by Gasteiger charge is -2.55. The summed E-state index contributed by atoms with van der Waals surface area (Å²) >= 11 is 0. The number of nitrogens with one attached hydrogen (secondary N) is 1. The van der Waals surface area contributed by atoms with Crippen molar-refractivity contribution in [2.24, 2.45) is 5.92 Å². The molecule has 0 spiro atoms. The van der Waals surface area contributed by atoms with Crippen LogP contribution in [0, 0.1) is 5.92 Å². The van der Waals surface area contributed by atoms with Crippen LogP contribution in [0.5, 0.6) is 0 Å². The van der Waals surface area contributed by atoms with E-state index in [2.05, 4.69) is 69.7 Å². The van der Waals surface area contributed by atoms with E-state index in [1.54, 1.807) is 0 Å². The molecule has 0 aliphatic carbocycles. The Morgan fingerprint density at radius 3 is 2.35 bits per heavy atom. The number of carbonyl (C=O) groups is 1. The number of carbonyl (C=O) groups excluding carboxylic acids is 1. The van der Waals surface area contributed by atoms with Crippen molar-refractivity contribution in [3.05, 3.63) is 83.7 Å². The number of quaternary nitrogens is 1. The quantitative estimate of drug-likeness (QED) is 0.383. The predicted octanol–water partition coefficient (Wildman–Crippen LogP) is 4.45. The van der Waals surface area contributed by atoms with Gasteiger partial charge in [-0.15, -0.1) is 0 Å². The van der Waals surface area contributed by atoms with Crippen LogP contribution in [0.3, 0.4) is 0 Å². The van der Waals surface area contributed by atoms with Gasteiger partial charge in [-0.2, -0.15) is 15.4 Å². The van der Waals surface area contributed by atoms with Gasteiger partial charge < -0.3 is 9.22 Å². The minimum Gasteiger partial charge on any atom is -0.454 e. The minimum atomic E-state index is -0.774. The molecule has 194 valence electrons. The molecule has 4 aliphatic rings. The molecule has 4 aliphatic heterocycles. The van der Waals surface area contributed by atoms with Crippen LogP contribution in [0.25, 0.3) is 0 Å². The van der Waals surface area contributed by atoms with E-state index in [0.717, 1.165) is 74.1 Å². The second-order valence-corrected chi connectivity index (χ2v) is 11.3. The molecule has 0 saturated carbocycles. The Balaban J connectivity index is 1.30. The summed E-state index contributed by atoms with van der Waals surface area (Å²) in [5.74, 6) is 0.314. The number of H-pyrrole nitrogens is 1. The highest BCUT2D eigenvalue weighted by molar-refractivity contribution is 5.82. The fraction of sp³-hybridized carbons (Fsp3) is 0.500. The van der Waals surface area contributed by atoms with Crippen molar-refractivity contribution in [2.75, 3.05) is 32.7 Å². The van der Waals surface area contributed by atoms with Gasteiger partial charge in [-0.1, -0.05) is 67.1 Å². The first kappa shape index (κ1) is 24.3. The lowest BCUT2D eigenvalue weighted by atomic mass is 9.80. The molecule has 1 aromatic heterocycles. The van der Waals surface area contributed by atoms with E-state index >= 15 is 0 Å². The zero-order valence-corrected chi connectivity index (χ0v) is 21.8. The highest BCUT2D eigenvalue weighted by Gasteiger charge is 2.54. The van der Waals surface area contributed by atoms with Crippen molar-refractivity contribution in [3.8, 4) is 0 Å². The number of aromatic amines is 1. The summed E-state index contributed by atoms with van der Waals surface area (Å²) in [6, 6.07) is 20.9. The number of rotatable bonds is 7. The number of hydrogen-bond acceptors (Lipinski definition) is 5. The Hall–Kier alpha value is -3.03. The van der Waals surface area contributed by atoms with Crippen molar-refractivity contribution < 1.29 is 14.0 Å². The molecule has 0 radical (unpaired) electrons. The average Bonchev–Trinajstić information content (AvgIpc) is 3.49. The molecule has 37 heavy (non-hydrogen) atoms.